The molecule has 0 aliphatic carbocycles. The number of sulfone groups is 1. The molecule has 0 bridgehead atoms. The highest BCUT2D eigenvalue weighted by Gasteiger charge is 2.13. The summed E-state index contributed by atoms with van der Waals surface area (Å²) in [5, 5.41) is 3.86. The summed E-state index contributed by atoms with van der Waals surface area (Å²) < 4.78 is 28.4. The Morgan fingerprint density at radius 2 is 2.05 bits per heavy atom. The lowest BCUT2D eigenvalue weighted by Crippen LogP contribution is -2.08. The van der Waals surface area contributed by atoms with E-state index < -0.39 is 15.8 Å². The molecule has 0 amide bonds. The maximum atomic E-state index is 11.3. The molecular weight excluding hydrogens is 272 g/mol. The van der Waals surface area contributed by atoms with Gasteiger partial charge in [-0.15, -0.1) is 0 Å². The Hall–Kier alpha value is -2.29. The molecule has 100 valence electrons. The lowest BCUT2D eigenvalue weighted by Gasteiger charge is -2.01. The molecule has 19 heavy (non-hydrogen) atoms. The third-order valence-electron chi connectivity index (χ3n) is 2.24. The van der Waals surface area contributed by atoms with Crippen molar-refractivity contribution in [1.29, 1.82) is 0 Å². The van der Waals surface area contributed by atoms with E-state index in [0.717, 1.165) is 6.26 Å². The van der Waals surface area contributed by atoms with E-state index in [2.05, 4.69) is 19.8 Å². The Kier molecular flexibility index (Phi) is 3.30. The third-order valence-corrected chi connectivity index (χ3v) is 3.31. The summed E-state index contributed by atoms with van der Waals surface area (Å²) in [7, 11) is -2.12. The number of rotatable bonds is 3. The summed E-state index contributed by atoms with van der Waals surface area (Å²) >= 11 is 0. The lowest BCUT2D eigenvalue weighted by molar-refractivity contribution is 0.0593. The van der Waals surface area contributed by atoms with Crippen molar-refractivity contribution in [2.45, 2.75) is 4.90 Å². The molecule has 0 atom stereocenters. The van der Waals surface area contributed by atoms with E-state index in [1.165, 1.54) is 36.6 Å². The number of hydrogen-bond donors (Lipinski definition) is 0. The van der Waals surface area contributed by atoms with Gasteiger partial charge in [0.25, 0.3) is 0 Å². The first-order valence-corrected chi connectivity index (χ1v) is 6.96. The number of carbonyl (C=O) groups is 1. The summed E-state index contributed by atoms with van der Waals surface area (Å²) in [4.78, 5) is 19.2. The largest absolute Gasteiger partial charge is 0.464 e. The van der Waals surface area contributed by atoms with Crippen molar-refractivity contribution in [3.63, 3.8) is 0 Å². The van der Waals surface area contributed by atoms with Crippen LogP contribution in [0.1, 0.15) is 10.5 Å². The molecule has 0 aliphatic rings. The monoisotopic (exact) mass is 282 g/mol. The molecule has 2 heterocycles. The normalized spacial score (nSPS) is 11.3. The first kappa shape index (κ1) is 13.1. The van der Waals surface area contributed by atoms with E-state index in [0.29, 0.717) is 0 Å². The zero-order chi connectivity index (χ0) is 14.0. The highest BCUT2D eigenvalue weighted by molar-refractivity contribution is 7.90. The fraction of sp³-hybridized carbons (Fsp3) is 0.200. The molecule has 0 radical (unpaired) electrons. The number of carbonyl (C=O) groups excluding carboxylic acids is 1. The van der Waals surface area contributed by atoms with Crippen molar-refractivity contribution in [1.82, 2.24) is 19.7 Å². The van der Waals surface area contributed by atoms with Crippen molar-refractivity contribution >= 4 is 15.8 Å². The first-order valence-electron chi connectivity index (χ1n) is 5.07. The first-order chi connectivity index (χ1) is 8.91. The zero-order valence-corrected chi connectivity index (χ0v) is 11.0. The SMILES string of the molecule is COC(=O)c1cncc(-n2cc(S(C)(=O)=O)cn2)n1. The van der Waals surface area contributed by atoms with Gasteiger partial charge >= 0.3 is 5.97 Å². The van der Waals surface area contributed by atoms with E-state index in [1.54, 1.807) is 0 Å². The standard InChI is InChI=1S/C10H10N4O4S/c1-18-10(15)8-4-11-5-9(13-8)14-6-7(3-12-14)19(2,16)17/h3-6H,1-2H3. The molecular formula is C10H10N4O4S. The van der Waals surface area contributed by atoms with E-state index in [-0.39, 0.29) is 16.4 Å². The Bertz CT molecular complexity index is 723. The van der Waals surface area contributed by atoms with Crippen molar-refractivity contribution in [2.75, 3.05) is 13.4 Å². The number of hydrogen-bond acceptors (Lipinski definition) is 7. The highest BCUT2D eigenvalue weighted by Crippen LogP contribution is 2.10. The Balaban J connectivity index is 2.42. The number of methoxy groups -OCH3 is 1. The van der Waals surface area contributed by atoms with Gasteiger partial charge in [0.05, 0.1) is 31.9 Å². The van der Waals surface area contributed by atoms with Crippen molar-refractivity contribution < 1.29 is 17.9 Å². The molecule has 8 nitrogen and oxygen atoms in total. The number of aromatic nitrogens is 4. The number of ether oxygens (including phenoxy) is 1. The Labute approximate surface area is 109 Å². The van der Waals surface area contributed by atoms with Gasteiger partial charge < -0.3 is 4.74 Å². The molecule has 0 saturated heterocycles. The highest BCUT2D eigenvalue weighted by atomic mass is 32.2. The molecule has 0 aromatic carbocycles. The number of nitrogens with zero attached hydrogens (tertiary/aromatic N) is 4. The van der Waals surface area contributed by atoms with E-state index in [9.17, 15) is 13.2 Å². The minimum Gasteiger partial charge on any atom is -0.464 e. The second-order valence-electron chi connectivity index (χ2n) is 3.65. The van der Waals surface area contributed by atoms with Crippen LogP contribution in [0.3, 0.4) is 0 Å². The van der Waals surface area contributed by atoms with Crippen LogP contribution in [0.15, 0.2) is 29.7 Å². The van der Waals surface area contributed by atoms with Crippen LogP contribution in [0.2, 0.25) is 0 Å². The van der Waals surface area contributed by atoms with E-state index in [1.807, 2.05) is 0 Å². The zero-order valence-electron chi connectivity index (χ0n) is 10.1. The predicted octanol–water partition coefficient (Wildman–Crippen LogP) is -0.148. The molecule has 2 rings (SSSR count). The van der Waals surface area contributed by atoms with Crippen LogP contribution >= 0.6 is 0 Å². The van der Waals surface area contributed by atoms with Gasteiger partial charge in [-0.3, -0.25) is 4.98 Å². The summed E-state index contributed by atoms with van der Waals surface area (Å²) in [5.41, 5.74) is 0.0106. The molecule has 2 aromatic heterocycles. The van der Waals surface area contributed by atoms with Crippen LogP contribution < -0.4 is 0 Å². The van der Waals surface area contributed by atoms with E-state index in [4.69, 9.17) is 0 Å². The van der Waals surface area contributed by atoms with Crippen LogP contribution in [-0.2, 0) is 14.6 Å². The predicted molar refractivity (Wildman–Crippen MR) is 63.6 cm³/mol. The summed E-state index contributed by atoms with van der Waals surface area (Å²) in [6.07, 6.45) is 6.16. The third kappa shape index (κ3) is 2.76. The average molecular weight is 282 g/mol. The molecule has 0 aliphatic heterocycles. The van der Waals surface area contributed by atoms with Gasteiger partial charge in [-0.05, 0) is 0 Å². The molecule has 0 fully saturated rings. The van der Waals surface area contributed by atoms with Gasteiger partial charge in [0, 0.05) is 6.26 Å². The summed E-state index contributed by atoms with van der Waals surface area (Å²) in [6, 6.07) is 0. The minimum atomic E-state index is -3.34. The second-order valence-corrected chi connectivity index (χ2v) is 5.66. The summed E-state index contributed by atoms with van der Waals surface area (Å²) in [6.45, 7) is 0. The molecule has 0 N–H and O–H groups in total. The van der Waals surface area contributed by atoms with Crippen LogP contribution in [0, 0.1) is 0 Å². The van der Waals surface area contributed by atoms with Gasteiger partial charge in [-0.2, -0.15) is 5.10 Å². The smallest absolute Gasteiger partial charge is 0.358 e. The lowest BCUT2D eigenvalue weighted by atomic mass is 10.4. The number of esters is 1. The van der Waals surface area contributed by atoms with E-state index >= 15 is 0 Å². The van der Waals surface area contributed by atoms with Gasteiger partial charge in [0.15, 0.2) is 21.3 Å². The molecule has 0 unspecified atom stereocenters. The maximum Gasteiger partial charge on any atom is 0.358 e. The van der Waals surface area contributed by atoms with Crippen LogP contribution in [0.4, 0.5) is 0 Å². The molecule has 2 aromatic rings. The quantitative estimate of drug-likeness (QED) is 0.721. The average Bonchev–Trinajstić information content (AvgIpc) is 2.87. The molecule has 0 spiro atoms. The van der Waals surface area contributed by atoms with Crippen LogP contribution in [0.25, 0.3) is 5.82 Å². The second kappa shape index (κ2) is 4.76. The Morgan fingerprint density at radius 1 is 1.32 bits per heavy atom. The van der Waals surface area contributed by atoms with Gasteiger partial charge in [0.2, 0.25) is 0 Å². The van der Waals surface area contributed by atoms with Crippen molar-refractivity contribution in [3.8, 4) is 5.82 Å². The maximum absolute atomic E-state index is 11.3. The Morgan fingerprint density at radius 3 is 2.63 bits per heavy atom. The van der Waals surface area contributed by atoms with Gasteiger partial charge in [-0.1, -0.05) is 0 Å². The van der Waals surface area contributed by atoms with Crippen molar-refractivity contribution in [2.24, 2.45) is 0 Å². The van der Waals surface area contributed by atoms with Gasteiger partial charge in [0.1, 0.15) is 4.90 Å². The molecule has 0 saturated carbocycles. The fourth-order valence-corrected chi connectivity index (χ4v) is 1.82. The topological polar surface area (TPSA) is 104 Å². The molecule has 9 heteroatoms. The van der Waals surface area contributed by atoms with Crippen molar-refractivity contribution in [3.05, 3.63) is 30.5 Å². The minimum absolute atomic E-state index is 0.0106. The fourth-order valence-electron chi connectivity index (χ4n) is 1.29. The van der Waals surface area contributed by atoms with Crippen LogP contribution in [-0.4, -0.2) is 47.5 Å². The van der Waals surface area contributed by atoms with Gasteiger partial charge in [-0.25, -0.2) is 22.9 Å². The summed E-state index contributed by atoms with van der Waals surface area (Å²) in [5.74, 6) is -0.414. The van der Waals surface area contributed by atoms with Crippen LogP contribution in [0.5, 0.6) is 0 Å².